The largest absolute Gasteiger partial charge is 0.537 e. The normalized spacial score (nSPS) is 13.7. The van der Waals surface area contributed by atoms with Gasteiger partial charge in [0.2, 0.25) is 0 Å². The summed E-state index contributed by atoms with van der Waals surface area (Å²) in [5.74, 6) is 0. The predicted molar refractivity (Wildman–Crippen MR) is 27.9 cm³/mol. The molecule has 0 unspecified atom stereocenters. The molecule has 0 spiro atoms. The second-order valence-corrected chi connectivity index (χ2v) is 2.97. The molecule has 0 saturated carbocycles. The molecule has 0 aliphatic rings. The first-order valence-corrected chi connectivity index (χ1v) is 3.45. The molecule has 0 bridgehead atoms. The van der Waals surface area contributed by atoms with Crippen LogP contribution in [0.1, 0.15) is 0 Å². The molecule has 0 aliphatic heterocycles. The molecule has 13 heavy (non-hydrogen) atoms. The first-order valence-electron chi connectivity index (χ1n) is 2.04. The molecule has 0 saturated heterocycles. The van der Waals surface area contributed by atoms with E-state index >= 15 is 0 Å². The van der Waals surface area contributed by atoms with Gasteiger partial charge in [0.15, 0.2) is 0 Å². The maximum Gasteiger partial charge on any atom is 0.537 e. The monoisotopic (exact) mass is 241 g/mol. The van der Waals surface area contributed by atoms with Crippen molar-refractivity contribution in [2.45, 2.75) is 11.9 Å². The molecule has 0 rings (SSSR count). The van der Waals surface area contributed by atoms with E-state index in [9.17, 15) is 34.8 Å². The van der Waals surface area contributed by atoms with Gasteiger partial charge in [-0.1, -0.05) is 0 Å². The minimum atomic E-state index is -6.58. The van der Waals surface area contributed by atoms with Crippen molar-refractivity contribution in [2.24, 2.45) is 0 Å². The number of alkyl halides is 6. The second kappa shape index (κ2) is 4.34. The molecule has 75 valence electrons. The van der Waals surface area contributed by atoms with E-state index in [0.29, 0.717) is 0 Å². The van der Waals surface area contributed by atoms with Gasteiger partial charge >= 0.3 is 22.0 Å². The maximum absolute atomic E-state index is 11.2. The Kier molecular flexibility index (Phi) is 5.32. The third-order valence-corrected chi connectivity index (χ3v) is 1.46. The molecular formula is C2F6NaO3S. The minimum absolute atomic E-state index is 0. The van der Waals surface area contributed by atoms with Crippen LogP contribution < -0.4 is 0 Å². The van der Waals surface area contributed by atoms with Crippen molar-refractivity contribution in [1.29, 1.82) is 0 Å². The van der Waals surface area contributed by atoms with Gasteiger partial charge in [0.25, 0.3) is 0 Å². The van der Waals surface area contributed by atoms with Gasteiger partial charge in [-0.05, 0) is 0 Å². The molecule has 0 amide bonds. The summed E-state index contributed by atoms with van der Waals surface area (Å²) >= 11 is 0. The van der Waals surface area contributed by atoms with E-state index in [-0.39, 0.29) is 29.6 Å². The molecule has 0 atom stereocenters. The molecular weight excluding hydrogens is 241 g/mol. The quantitative estimate of drug-likeness (QED) is 0.297. The molecule has 0 heterocycles. The van der Waals surface area contributed by atoms with Crippen LogP contribution in [0.5, 0.6) is 0 Å². The van der Waals surface area contributed by atoms with E-state index in [1.807, 2.05) is 4.18 Å². The number of rotatable bonds is 1. The molecule has 0 aliphatic carbocycles. The van der Waals surface area contributed by atoms with Crippen LogP contribution in [0.25, 0.3) is 0 Å². The Hall–Kier alpha value is 0.490. The average Bonchev–Trinajstić information content (AvgIpc) is 1.52. The van der Waals surface area contributed by atoms with Gasteiger partial charge in [-0.15, -0.1) is 13.2 Å². The maximum atomic E-state index is 11.2. The average molecular weight is 241 g/mol. The van der Waals surface area contributed by atoms with Crippen molar-refractivity contribution in [3.63, 3.8) is 0 Å². The van der Waals surface area contributed by atoms with Gasteiger partial charge in [0, 0.05) is 29.6 Å². The van der Waals surface area contributed by atoms with Crippen LogP contribution in [0.4, 0.5) is 26.3 Å². The first kappa shape index (κ1) is 15.9. The fourth-order valence-electron chi connectivity index (χ4n) is 0.172. The van der Waals surface area contributed by atoms with E-state index in [1.165, 1.54) is 0 Å². The molecule has 0 N–H and O–H groups in total. The van der Waals surface area contributed by atoms with Gasteiger partial charge in [-0.25, -0.2) is 0 Å². The van der Waals surface area contributed by atoms with Crippen LogP contribution >= 0.6 is 0 Å². The van der Waals surface area contributed by atoms with Gasteiger partial charge < -0.3 is 0 Å². The van der Waals surface area contributed by atoms with E-state index < -0.39 is 22.0 Å². The summed E-state index contributed by atoms with van der Waals surface area (Å²) in [6.45, 7) is 0. The van der Waals surface area contributed by atoms with Crippen molar-refractivity contribution in [1.82, 2.24) is 0 Å². The summed E-state index contributed by atoms with van der Waals surface area (Å²) in [4.78, 5) is 0. The standard InChI is InChI=1S/C2F6O3S.Na/c3-1(4,5)11-12(9,10)2(6,7)8;. The Morgan fingerprint density at radius 3 is 1.31 bits per heavy atom. The van der Waals surface area contributed by atoms with Crippen LogP contribution in [-0.4, -0.2) is 49.8 Å². The van der Waals surface area contributed by atoms with Gasteiger partial charge in [0.05, 0.1) is 0 Å². The zero-order chi connectivity index (χ0) is 10.2. The molecule has 0 aromatic heterocycles. The fraction of sp³-hybridized carbons (Fsp3) is 1.00. The molecule has 0 aromatic rings. The van der Waals surface area contributed by atoms with Gasteiger partial charge in [0.1, 0.15) is 0 Å². The van der Waals surface area contributed by atoms with Crippen LogP contribution in [0.2, 0.25) is 0 Å². The summed E-state index contributed by atoms with van der Waals surface area (Å²) in [6, 6.07) is 0. The summed E-state index contributed by atoms with van der Waals surface area (Å²) in [5.41, 5.74) is -6.07. The Labute approximate surface area is 90.5 Å². The summed E-state index contributed by atoms with van der Waals surface area (Å²) in [6.07, 6.45) is -5.87. The summed E-state index contributed by atoms with van der Waals surface area (Å²) < 4.78 is 87.4. The van der Waals surface area contributed by atoms with E-state index in [2.05, 4.69) is 0 Å². The second-order valence-electron chi connectivity index (χ2n) is 1.43. The SMILES string of the molecule is O=S(=O)(OC(F)(F)F)C(F)(F)F.[Na]. The predicted octanol–water partition coefficient (Wildman–Crippen LogP) is 0.992. The van der Waals surface area contributed by atoms with Crippen molar-refractivity contribution in [2.75, 3.05) is 0 Å². The first-order chi connectivity index (χ1) is 4.96. The van der Waals surface area contributed by atoms with Crippen molar-refractivity contribution < 1.29 is 38.9 Å². The van der Waals surface area contributed by atoms with Crippen molar-refractivity contribution >= 4 is 39.7 Å². The molecule has 11 heteroatoms. The van der Waals surface area contributed by atoms with E-state index in [4.69, 9.17) is 0 Å². The Balaban J connectivity index is 0. The van der Waals surface area contributed by atoms with Crippen LogP contribution in [0.15, 0.2) is 0 Å². The molecule has 0 fully saturated rings. The Morgan fingerprint density at radius 2 is 1.23 bits per heavy atom. The topological polar surface area (TPSA) is 43.4 Å². The van der Waals surface area contributed by atoms with Gasteiger partial charge in [-0.3, -0.25) is 0 Å². The zero-order valence-electron chi connectivity index (χ0n) is 5.90. The molecule has 1 radical (unpaired) electrons. The van der Waals surface area contributed by atoms with Crippen LogP contribution in [0, 0.1) is 0 Å². The number of hydrogen-bond acceptors (Lipinski definition) is 3. The summed E-state index contributed by atoms with van der Waals surface area (Å²) in [7, 11) is -6.58. The van der Waals surface area contributed by atoms with E-state index in [0.717, 1.165) is 0 Å². The van der Waals surface area contributed by atoms with Gasteiger partial charge in [-0.2, -0.15) is 25.8 Å². The van der Waals surface area contributed by atoms with Crippen LogP contribution in [0.3, 0.4) is 0 Å². The smallest absolute Gasteiger partial charge is 0.189 e. The molecule has 0 aromatic carbocycles. The van der Waals surface area contributed by atoms with Crippen molar-refractivity contribution in [3.8, 4) is 0 Å². The Bertz CT molecular complexity index is 250. The number of halogens is 6. The third kappa shape index (κ3) is 5.73. The van der Waals surface area contributed by atoms with E-state index in [1.54, 1.807) is 0 Å². The number of hydrogen-bond donors (Lipinski definition) is 0. The fourth-order valence-corrected chi connectivity index (χ4v) is 0.515. The zero-order valence-corrected chi connectivity index (χ0v) is 8.72. The molecule has 3 nitrogen and oxygen atoms in total. The minimum Gasteiger partial charge on any atom is -0.189 e. The Morgan fingerprint density at radius 1 is 0.923 bits per heavy atom. The van der Waals surface area contributed by atoms with Crippen molar-refractivity contribution in [3.05, 3.63) is 0 Å². The summed E-state index contributed by atoms with van der Waals surface area (Å²) in [5, 5.41) is 0. The van der Waals surface area contributed by atoms with Crippen LogP contribution in [-0.2, 0) is 14.3 Å². The third-order valence-electron chi connectivity index (χ3n) is 0.488.